The molecule has 1 saturated carbocycles. The van der Waals surface area contributed by atoms with Crippen molar-refractivity contribution in [2.24, 2.45) is 5.92 Å². The SMILES string of the molecule is C.C/C=C/C1=CCC2C(O)CCC[C@]12S.CC. The first-order chi connectivity index (χ1) is 7.68. The lowest BCUT2D eigenvalue weighted by atomic mass is 9.76. The number of thiol groups is 1. The Morgan fingerprint density at radius 2 is 2.12 bits per heavy atom. The molecule has 17 heavy (non-hydrogen) atoms. The van der Waals surface area contributed by atoms with E-state index in [1.165, 1.54) is 5.57 Å². The molecule has 3 atom stereocenters. The molecule has 2 unspecified atom stereocenters. The molecule has 2 rings (SSSR count). The summed E-state index contributed by atoms with van der Waals surface area (Å²) in [5.74, 6) is 0.339. The van der Waals surface area contributed by atoms with Gasteiger partial charge in [-0.25, -0.2) is 0 Å². The third-order valence-corrected chi connectivity index (χ3v) is 4.39. The molecule has 100 valence electrons. The average Bonchev–Trinajstić information content (AvgIpc) is 2.61. The van der Waals surface area contributed by atoms with Crippen LogP contribution in [-0.2, 0) is 0 Å². The number of fused-ring (bicyclic) bond motifs is 1. The van der Waals surface area contributed by atoms with Gasteiger partial charge in [0.2, 0.25) is 0 Å². The van der Waals surface area contributed by atoms with Crippen LogP contribution in [0.25, 0.3) is 0 Å². The number of aliphatic hydroxyl groups excluding tert-OH is 1. The Kier molecular flexibility index (Phi) is 7.18. The first kappa shape index (κ1) is 16.8. The lowest BCUT2D eigenvalue weighted by molar-refractivity contribution is 0.0640. The highest BCUT2D eigenvalue weighted by Gasteiger charge is 2.46. The minimum Gasteiger partial charge on any atom is -0.393 e. The van der Waals surface area contributed by atoms with E-state index < -0.39 is 0 Å². The van der Waals surface area contributed by atoms with Gasteiger partial charge in [0.25, 0.3) is 0 Å². The molecule has 2 heteroatoms. The maximum Gasteiger partial charge on any atom is 0.0587 e. The van der Waals surface area contributed by atoms with Gasteiger partial charge in [0.1, 0.15) is 0 Å². The van der Waals surface area contributed by atoms with Crippen LogP contribution in [0.15, 0.2) is 23.8 Å². The largest absolute Gasteiger partial charge is 0.393 e. The zero-order valence-electron chi connectivity index (χ0n) is 10.6. The predicted molar refractivity (Wildman–Crippen MR) is 80.7 cm³/mol. The smallest absolute Gasteiger partial charge is 0.0587 e. The predicted octanol–water partition coefficient (Wildman–Crippen LogP) is 4.38. The Labute approximate surface area is 112 Å². The third kappa shape index (κ3) is 3.17. The lowest BCUT2D eigenvalue weighted by Crippen LogP contribution is -2.41. The Morgan fingerprint density at radius 1 is 1.47 bits per heavy atom. The molecule has 1 N–H and O–H groups in total. The second-order valence-electron chi connectivity index (χ2n) is 4.39. The van der Waals surface area contributed by atoms with Crippen molar-refractivity contribution in [2.75, 3.05) is 0 Å². The van der Waals surface area contributed by atoms with Crippen LogP contribution in [0.4, 0.5) is 0 Å². The van der Waals surface area contributed by atoms with Crippen LogP contribution in [0.1, 0.15) is 53.9 Å². The van der Waals surface area contributed by atoms with Crippen molar-refractivity contribution in [3.8, 4) is 0 Å². The molecule has 0 aromatic heterocycles. The minimum absolute atomic E-state index is 0. The first-order valence-corrected chi connectivity index (χ1v) is 6.87. The summed E-state index contributed by atoms with van der Waals surface area (Å²) >= 11 is 4.82. The topological polar surface area (TPSA) is 20.2 Å². The van der Waals surface area contributed by atoms with E-state index in [0.29, 0.717) is 5.92 Å². The summed E-state index contributed by atoms with van der Waals surface area (Å²) in [4.78, 5) is 0. The minimum atomic E-state index is -0.153. The maximum absolute atomic E-state index is 9.92. The summed E-state index contributed by atoms with van der Waals surface area (Å²) in [7, 11) is 0. The molecule has 1 fully saturated rings. The molecule has 0 amide bonds. The van der Waals surface area contributed by atoms with Crippen molar-refractivity contribution >= 4 is 12.6 Å². The molecule has 2 aliphatic rings. The summed E-state index contributed by atoms with van der Waals surface area (Å²) in [6.07, 6.45) is 10.4. The molecule has 0 saturated heterocycles. The third-order valence-electron chi connectivity index (χ3n) is 3.57. The number of hydrogen-bond acceptors (Lipinski definition) is 2. The van der Waals surface area contributed by atoms with Gasteiger partial charge in [-0.15, -0.1) is 0 Å². The maximum atomic E-state index is 9.92. The molecule has 2 aliphatic carbocycles. The van der Waals surface area contributed by atoms with Crippen molar-refractivity contribution in [1.82, 2.24) is 0 Å². The number of hydrogen-bond donors (Lipinski definition) is 2. The summed E-state index contributed by atoms with van der Waals surface area (Å²) < 4.78 is -0.0514. The van der Waals surface area contributed by atoms with Crippen LogP contribution in [0.5, 0.6) is 0 Å². The van der Waals surface area contributed by atoms with Gasteiger partial charge in [-0.1, -0.05) is 39.5 Å². The summed E-state index contributed by atoms with van der Waals surface area (Å²) in [5.41, 5.74) is 1.31. The van der Waals surface area contributed by atoms with Crippen molar-refractivity contribution in [1.29, 1.82) is 0 Å². The van der Waals surface area contributed by atoms with E-state index >= 15 is 0 Å². The fourth-order valence-corrected chi connectivity index (χ4v) is 3.42. The van der Waals surface area contributed by atoms with Crippen molar-refractivity contribution in [2.45, 2.75) is 64.7 Å². The number of aliphatic hydroxyl groups is 1. The van der Waals surface area contributed by atoms with Gasteiger partial charge < -0.3 is 5.11 Å². The Balaban J connectivity index is 0.000000811. The quantitative estimate of drug-likeness (QED) is 0.667. The number of allylic oxidation sites excluding steroid dienone is 3. The van der Waals surface area contributed by atoms with Crippen LogP contribution >= 0.6 is 12.6 Å². The van der Waals surface area contributed by atoms with Gasteiger partial charge >= 0.3 is 0 Å². The molecule has 0 spiro atoms. The normalized spacial score (nSPS) is 35.5. The van der Waals surface area contributed by atoms with Crippen LogP contribution in [-0.4, -0.2) is 16.0 Å². The lowest BCUT2D eigenvalue weighted by Gasteiger charge is -2.40. The Hall–Kier alpha value is -0.210. The van der Waals surface area contributed by atoms with Crippen LogP contribution < -0.4 is 0 Å². The Bertz CT molecular complexity index is 283. The molecule has 0 aromatic rings. The van der Waals surface area contributed by atoms with E-state index in [4.69, 9.17) is 12.6 Å². The van der Waals surface area contributed by atoms with Crippen LogP contribution in [0, 0.1) is 5.92 Å². The monoisotopic (exact) mass is 256 g/mol. The van der Waals surface area contributed by atoms with Gasteiger partial charge in [0, 0.05) is 10.7 Å². The second-order valence-corrected chi connectivity index (χ2v) is 5.18. The molecular formula is C15H28OS. The molecule has 1 nitrogen and oxygen atoms in total. The van der Waals surface area contributed by atoms with Crippen LogP contribution in [0.3, 0.4) is 0 Å². The summed E-state index contributed by atoms with van der Waals surface area (Å²) in [6.45, 7) is 6.03. The molecular weight excluding hydrogens is 228 g/mol. The summed E-state index contributed by atoms with van der Waals surface area (Å²) in [5, 5.41) is 9.92. The highest BCUT2D eigenvalue weighted by atomic mass is 32.1. The molecule has 0 radical (unpaired) electrons. The van der Waals surface area contributed by atoms with Crippen molar-refractivity contribution in [3.63, 3.8) is 0 Å². The van der Waals surface area contributed by atoms with Gasteiger partial charge in [-0.2, -0.15) is 12.6 Å². The zero-order chi connectivity index (χ0) is 12.2. The highest BCUT2D eigenvalue weighted by Crippen LogP contribution is 2.50. The van der Waals surface area contributed by atoms with Crippen molar-refractivity contribution < 1.29 is 5.11 Å². The van der Waals surface area contributed by atoms with E-state index in [0.717, 1.165) is 25.7 Å². The zero-order valence-corrected chi connectivity index (χ0v) is 11.5. The van der Waals surface area contributed by atoms with Gasteiger partial charge in [0.05, 0.1) is 6.10 Å². The van der Waals surface area contributed by atoms with Gasteiger partial charge in [-0.05, 0) is 38.2 Å². The van der Waals surface area contributed by atoms with E-state index in [1.54, 1.807) is 0 Å². The van der Waals surface area contributed by atoms with E-state index in [1.807, 2.05) is 20.8 Å². The molecule has 0 heterocycles. The van der Waals surface area contributed by atoms with Crippen LogP contribution in [0.2, 0.25) is 0 Å². The van der Waals surface area contributed by atoms with E-state index in [-0.39, 0.29) is 18.3 Å². The molecule has 0 bridgehead atoms. The Morgan fingerprint density at radius 3 is 2.71 bits per heavy atom. The molecule has 0 aliphatic heterocycles. The van der Waals surface area contributed by atoms with Gasteiger partial charge in [0.15, 0.2) is 0 Å². The standard InChI is InChI=1S/C12H18OS.C2H6.CH4/c1-2-4-9-6-7-10-11(13)5-3-8-12(9,10)14;1-2;/h2,4,6,10-11,13-14H,3,5,7-8H2,1H3;1-2H3;1H4/b4-2+;;/t10?,11?,12-;;/m0../s1. The van der Waals surface area contributed by atoms with E-state index in [9.17, 15) is 5.11 Å². The summed E-state index contributed by atoms with van der Waals surface area (Å²) in [6, 6.07) is 0. The van der Waals surface area contributed by atoms with E-state index in [2.05, 4.69) is 18.2 Å². The average molecular weight is 256 g/mol. The number of rotatable bonds is 1. The highest BCUT2D eigenvalue weighted by molar-refractivity contribution is 7.82. The second kappa shape index (κ2) is 7.27. The fraction of sp³-hybridized carbons (Fsp3) is 0.733. The molecule has 0 aromatic carbocycles. The van der Waals surface area contributed by atoms with Gasteiger partial charge in [-0.3, -0.25) is 0 Å². The first-order valence-electron chi connectivity index (χ1n) is 6.42. The van der Waals surface area contributed by atoms with Crippen molar-refractivity contribution in [3.05, 3.63) is 23.8 Å². The fourth-order valence-electron chi connectivity index (χ4n) is 2.82.